The molecule has 1 aromatic heterocycles. The molecule has 3 aromatic rings. The van der Waals surface area contributed by atoms with Crippen LogP contribution in [0.25, 0.3) is 11.3 Å². The van der Waals surface area contributed by atoms with Crippen molar-refractivity contribution in [1.82, 2.24) is 4.98 Å². The maximum Gasteiger partial charge on any atom is 0.307 e. The third-order valence-electron chi connectivity index (χ3n) is 3.95. The van der Waals surface area contributed by atoms with Crippen LogP contribution >= 0.6 is 23.1 Å². The third kappa shape index (κ3) is 6.11. The molecule has 1 heterocycles. The molecule has 0 unspecified atom stereocenters. The number of halogens is 2. The summed E-state index contributed by atoms with van der Waals surface area (Å²) in [6.45, 7) is 1.47. The van der Waals surface area contributed by atoms with E-state index in [1.54, 1.807) is 5.38 Å². The number of benzene rings is 2. The molecule has 0 bridgehead atoms. The summed E-state index contributed by atoms with van der Waals surface area (Å²) in [5, 5.41) is 4.44. The standard InChI is InChI=1S/C21H18F2N2O3S2/c1-13(28-19(26)9-10-29-15-5-3-2-4-6-15)20(27)25-21-24-18(12-30-21)14-7-8-16(22)17(23)11-14/h2-8,11-13H,9-10H2,1H3,(H,24,25,27)/t13-/m1/s1. The molecular weight excluding hydrogens is 430 g/mol. The zero-order valence-corrected chi connectivity index (χ0v) is 17.6. The molecule has 1 N–H and O–H groups in total. The summed E-state index contributed by atoms with van der Waals surface area (Å²) < 4.78 is 31.6. The molecule has 5 nitrogen and oxygen atoms in total. The lowest BCUT2D eigenvalue weighted by Crippen LogP contribution is -2.30. The van der Waals surface area contributed by atoms with Gasteiger partial charge in [-0.25, -0.2) is 13.8 Å². The second-order valence-electron chi connectivity index (χ2n) is 6.20. The maximum absolute atomic E-state index is 13.4. The van der Waals surface area contributed by atoms with E-state index in [4.69, 9.17) is 4.74 Å². The van der Waals surface area contributed by atoms with Crippen molar-refractivity contribution in [3.63, 3.8) is 0 Å². The van der Waals surface area contributed by atoms with Crippen molar-refractivity contribution < 1.29 is 23.1 Å². The summed E-state index contributed by atoms with van der Waals surface area (Å²) in [5.41, 5.74) is 0.790. The molecule has 9 heteroatoms. The summed E-state index contributed by atoms with van der Waals surface area (Å²) in [6, 6.07) is 13.1. The van der Waals surface area contributed by atoms with Gasteiger partial charge in [-0.2, -0.15) is 0 Å². The second-order valence-corrected chi connectivity index (χ2v) is 8.23. The number of anilines is 1. The summed E-state index contributed by atoms with van der Waals surface area (Å²) in [5.74, 6) is -2.37. The van der Waals surface area contributed by atoms with Crippen molar-refractivity contribution >= 4 is 40.1 Å². The van der Waals surface area contributed by atoms with E-state index in [-0.39, 0.29) is 11.6 Å². The van der Waals surface area contributed by atoms with E-state index in [0.29, 0.717) is 17.0 Å². The number of thioether (sulfide) groups is 1. The maximum atomic E-state index is 13.4. The molecule has 3 rings (SSSR count). The highest BCUT2D eigenvalue weighted by Gasteiger charge is 2.19. The van der Waals surface area contributed by atoms with Gasteiger partial charge in [0.2, 0.25) is 0 Å². The molecule has 0 spiro atoms. The number of rotatable bonds is 8. The highest BCUT2D eigenvalue weighted by molar-refractivity contribution is 7.99. The Morgan fingerprint density at radius 3 is 2.67 bits per heavy atom. The molecular formula is C21H18F2N2O3S2. The average molecular weight is 449 g/mol. The molecule has 0 radical (unpaired) electrons. The Hall–Kier alpha value is -2.78. The van der Waals surface area contributed by atoms with E-state index < -0.39 is 29.6 Å². The number of hydrogen-bond acceptors (Lipinski definition) is 6. The number of ether oxygens (including phenoxy) is 1. The van der Waals surface area contributed by atoms with Gasteiger partial charge in [0.25, 0.3) is 5.91 Å². The van der Waals surface area contributed by atoms with Gasteiger partial charge >= 0.3 is 5.97 Å². The van der Waals surface area contributed by atoms with Gasteiger partial charge < -0.3 is 4.74 Å². The first kappa shape index (κ1) is 21.9. The van der Waals surface area contributed by atoms with Crippen molar-refractivity contribution in [3.05, 3.63) is 65.5 Å². The number of esters is 1. The fourth-order valence-corrected chi connectivity index (χ4v) is 3.98. The minimum atomic E-state index is -0.991. The van der Waals surface area contributed by atoms with Crippen molar-refractivity contribution in [2.24, 2.45) is 0 Å². The molecule has 0 aliphatic heterocycles. The number of nitrogens with one attached hydrogen (secondary N) is 1. The lowest BCUT2D eigenvalue weighted by molar-refractivity contribution is -0.152. The molecule has 30 heavy (non-hydrogen) atoms. The summed E-state index contributed by atoms with van der Waals surface area (Å²) >= 11 is 2.66. The molecule has 1 atom stereocenters. The Morgan fingerprint density at radius 2 is 1.93 bits per heavy atom. The van der Waals surface area contributed by atoms with Crippen LogP contribution in [-0.2, 0) is 14.3 Å². The van der Waals surface area contributed by atoms with E-state index in [1.165, 1.54) is 24.8 Å². The number of carbonyl (C=O) groups excluding carboxylic acids is 2. The number of amides is 1. The van der Waals surface area contributed by atoms with E-state index in [1.807, 2.05) is 30.3 Å². The smallest absolute Gasteiger partial charge is 0.307 e. The van der Waals surface area contributed by atoms with Crippen molar-refractivity contribution in [2.45, 2.75) is 24.3 Å². The first-order valence-corrected chi connectivity index (χ1v) is 10.9. The van der Waals surface area contributed by atoms with Gasteiger partial charge in [0.1, 0.15) is 0 Å². The number of carbonyl (C=O) groups is 2. The quantitative estimate of drug-likeness (QED) is 0.382. The Morgan fingerprint density at radius 1 is 1.17 bits per heavy atom. The van der Waals surface area contributed by atoms with Crippen molar-refractivity contribution in [1.29, 1.82) is 0 Å². The molecule has 2 aromatic carbocycles. The Labute approximate surface area is 180 Å². The fourth-order valence-electron chi connectivity index (χ4n) is 2.40. The minimum absolute atomic E-state index is 0.175. The first-order chi connectivity index (χ1) is 14.4. The van der Waals surface area contributed by atoms with Gasteiger partial charge in [0, 0.05) is 21.6 Å². The van der Waals surface area contributed by atoms with Crippen LogP contribution in [0, 0.1) is 11.6 Å². The first-order valence-electron chi connectivity index (χ1n) is 9.01. The number of hydrogen-bond donors (Lipinski definition) is 1. The van der Waals surface area contributed by atoms with Crippen LogP contribution in [0.15, 0.2) is 58.8 Å². The van der Waals surface area contributed by atoms with Crippen LogP contribution in [0.5, 0.6) is 0 Å². The average Bonchev–Trinajstić information content (AvgIpc) is 3.19. The fraction of sp³-hybridized carbons (Fsp3) is 0.190. The summed E-state index contributed by atoms with van der Waals surface area (Å²) in [4.78, 5) is 29.4. The number of thiazole rings is 1. The topological polar surface area (TPSA) is 68.3 Å². The van der Waals surface area contributed by atoms with Crippen LogP contribution in [0.3, 0.4) is 0 Å². The molecule has 0 saturated heterocycles. The lowest BCUT2D eigenvalue weighted by atomic mass is 10.2. The lowest BCUT2D eigenvalue weighted by Gasteiger charge is -2.12. The zero-order chi connectivity index (χ0) is 21.5. The van der Waals surface area contributed by atoms with Crippen LogP contribution in [0.4, 0.5) is 13.9 Å². The largest absolute Gasteiger partial charge is 0.453 e. The van der Waals surface area contributed by atoms with Crippen molar-refractivity contribution in [3.8, 4) is 11.3 Å². The van der Waals surface area contributed by atoms with Gasteiger partial charge in [-0.05, 0) is 37.3 Å². The molecule has 0 fully saturated rings. The van der Waals surface area contributed by atoms with Gasteiger partial charge in [-0.3, -0.25) is 14.9 Å². The highest BCUT2D eigenvalue weighted by atomic mass is 32.2. The molecule has 156 valence electrons. The zero-order valence-electron chi connectivity index (χ0n) is 15.9. The Bertz CT molecular complexity index is 1030. The summed E-state index contributed by atoms with van der Waals surface area (Å²) in [6.07, 6.45) is -0.816. The number of aromatic nitrogens is 1. The molecule has 0 aliphatic rings. The van der Waals surface area contributed by atoms with Crippen LogP contribution in [0.1, 0.15) is 13.3 Å². The molecule has 0 saturated carbocycles. The van der Waals surface area contributed by atoms with Gasteiger partial charge in [0.15, 0.2) is 22.9 Å². The van der Waals surface area contributed by atoms with Crippen LogP contribution < -0.4 is 5.32 Å². The number of nitrogens with zero attached hydrogens (tertiary/aromatic N) is 1. The second kappa shape index (κ2) is 10.3. The van der Waals surface area contributed by atoms with Crippen molar-refractivity contribution in [2.75, 3.05) is 11.1 Å². The normalized spacial score (nSPS) is 11.7. The Balaban J connectivity index is 1.47. The third-order valence-corrected chi connectivity index (χ3v) is 5.72. The summed E-state index contributed by atoms with van der Waals surface area (Å²) in [7, 11) is 0. The minimum Gasteiger partial charge on any atom is -0.453 e. The van der Waals surface area contributed by atoms with E-state index in [9.17, 15) is 18.4 Å². The van der Waals surface area contributed by atoms with Crippen LogP contribution in [-0.4, -0.2) is 28.7 Å². The predicted molar refractivity (Wildman–Crippen MR) is 113 cm³/mol. The van der Waals surface area contributed by atoms with E-state index in [0.717, 1.165) is 28.4 Å². The van der Waals surface area contributed by atoms with Gasteiger partial charge in [-0.1, -0.05) is 18.2 Å². The SMILES string of the molecule is C[C@@H](OC(=O)CCSc1ccccc1)C(=O)Nc1nc(-c2ccc(F)c(F)c2)cs1. The highest BCUT2D eigenvalue weighted by Crippen LogP contribution is 2.26. The van der Waals surface area contributed by atoms with Crippen LogP contribution in [0.2, 0.25) is 0 Å². The monoisotopic (exact) mass is 448 g/mol. The molecule has 0 aliphatic carbocycles. The van der Waals surface area contributed by atoms with Gasteiger partial charge in [-0.15, -0.1) is 23.1 Å². The predicted octanol–water partition coefficient (Wildman–Crippen LogP) is 5.14. The Kier molecular flexibility index (Phi) is 7.53. The van der Waals surface area contributed by atoms with Gasteiger partial charge in [0.05, 0.1) is 12.1 Å². The van der Waals surface area contributed by atoms with E-state index >= 15 is 0 Å². The van der Waals surface area contributed by atoms with E-state index in [2.05, 4.69) is 10.3 Å². The molecule has 1 amide bonds.